The van der Waals surface area contributed by atoms with Gasteiger partial charge in [0.05, 0.1) is 13.7 Å². The topological polar surface area (TPSA) is 182 Å². The lowest BCUT2D eigenvalue weighted by atomic mass is 9.89. The molecule has 4 rings (SSSR count). The average Bonchev–Trinajstić information content (AvgIpc) is 3.33. The summed E-state index contributed by atoms with van der Waals surface area (Å²) in [7, 11) is 3.24. The van der Waals surface area contributed by atoms with Crippen LogP contribution in [0.25, 0.3) is 5.82 Å². The van der Waals surface area contributed by atoms with E-state index in [1.54, 1.807) is 38.5 Å². The van der Waals surface area contributed by atoms with Crippen molar-refractivity contribution in [3.8, 4) is 11.6 Å². The van der Waals surface area contributed by atoms with Gasteiger partial charge in [-0.25, -0.2) is 9.59 Å². The molecule has 0 saturated heterocycles. The van der Waals surface area contributed by atoms with Gasteiger partial charge in [0.1, 0.15) is 17.4 Å². The van der Waals surface area contributed by atoms with Crippen LogP contribution in [0, 0.1) is 5.41 Å². The van der Waals surface area contributed by atoms with E-state index in [1.807, 2.05) is 30.3 Å². The maximum Gasteiger partial charge on any atom is 0.490 e. The third-order valence-corrected chi connectivity index (χ3v) is 5.63. The Hall–Kier alpha value is -5.05. The first-order valence-electron chi connectivity index (χ1n) is 11.8. The minimum atomic E-state index is -5.08. The summed E-state index contributed by atoms with van der Waals surface area (Å²) in [4.78, 5) is 24.5. The van der Waals surface area contributed by atoms with Gasteiger partial charge < -0.3 is 20.3 Å². The van der Waals surface area contributed by atoms with E-state index >= 15 is 0 Å². The zero-order valence-corrected chi connectivity index (χ0v) is 21.8. The quantitative estimate of drug-likeness (QED) is 0.173. The number of hydrogen-bond donors (Lipinski definition) is 4. The zero-order valence-electron chi connectivity index (χ0n) is 21.8. The zero-order chi connectivity index (χ0) is 30.2. The number of aromatic amines is 1. The van der Waals surface area contributed by atoms with Crippen LogP contribution >= 0.6 is 0 Å². The molecule has 2 aromatic heterocycles. The molecule has 15 heteroatoms. The molecule has 1 atom stereocenters. The number of aliphatic carboxylic acids is 1. The van der Waals surface area contributed by atoms with Crippen LogP contribution in [0.2, 0.25) is 0 Å². The number of carboxylic acid groups (broad SMARTS) is 1. The fourth-order valence-electron chi connectivity index (χ4n) is 3.74. The second kappa shape index (κ2) is 13.3. The molecular weight excluding hydrogens is 547 g/mol. The Labute approximate surface area is 231 Å². The summed E-state index contributed by atoms with van der Waals surface area (Å²) in [5.74, 6) is -1.58. The minimum absolute atomic E-state index is 0.00662. The number of nitrogens with zero attached hydrogens (tertiary/aromatic N) is 4. The largest absolute Gasteiger partial charge is 0.497 e. The van der Waals surface area contributed by atoms with E-state index in [2.05, 4.69) is 20.3 Å². The number of hydrogen-bond acceptors (Lipinski definition) is 8. The second-order valence-electron chi connectivity index (χ2n) is 8.53. The van der Waals surface area contributed by atoms with Crippen molar-refractivity contribution in [1.29, 1.82) is 5.41 Å². The van der Waals surface area contributed by atoms with E-state index < -0.39 is 17.8 Å². The normalized spacial score (nSPS) is 11.7. The van der Waals surface area contributed by atoms with Crippen LogP contribution in [-0.2, 0) is 22.6 Å². The van der Waals surface area contributed by atoms with Gasteiger partial charge in [-0.15, -0.1) is 10.2 Å². The number of amidine groups is 1. The van der Waals surface area contributed by atoms with Crippen LogP contribution < -0.4 is 16.2 Å². The van der Waals surface area contributed by atoms with E-state index in [-0.39, 0.29) is 11.8 Å². The first kappa shape index (κ1) is 30.5. The van der Waals surface area contributed by atoms with E-state index in [9.17, 15) is 18.0 Å². The number of H-pyrrole nitrogens is 1. The first-order chi connectivity index (χ1) is 19.4. The van der Waals surface area contributed by atoms with Crippen molar-refractivity contribution in [2.75, 3.05) is 14.2 Å². The van der Waals surface area contributed by atoms with Crippen molar-refractivity contribution in [3.63, 3.8) is 0 Å². The lowest BCUT2D eigenvalue weighted by Crippen LogP contribution is -2.21. The molecule has 0 aliphatic heterocycles. The molecule has 1 unspecified atom stereocenters. The van der Waals surface area contributed by atoms with E-state index in [1.165, 1.54) is 10.9 Å². The fourth-order valence-corrected chi connectivity index (χ4v) is 3.74. The minimum Gasteiger partial charge on any atom is -0.497 e. The number of carboxylic acids is 1. The van der Waals surface area contributed by atoms with Crippen molar-refractivity contribution in [3.05, 3.63) is 99.4 Å². The third-order valence-electron chi connectivity index (χ3n) is 5.63. The third kappa shape index (κ3) is 8.22. The van der Waals surface area contributed by atoms with Crippen molar-refractivity contribution in [1.82, 2.24) is 25.0 Å². The summed E-state index contributed by atoms with van der Waals surface area (Å²) >= 11 is 0. The Morgan fingerprint density at radius 3 is 2.37 bits per heavy atom. The first-order valence-corrected chi connectivity index (χ1v) is 11.8. The Balaban J connectivity index is 0.000000587. The van der Waals surface area contributed by atoms with Gasteiger partial charge in [-0.05, 0) is 47.4 Å². The molecule has 41 heavy (non-hydrogen) atoms. The standard InChI is InChI=1S/C24H25N7O3.C2HF3O2/c1-33-14-16-10-18(13-19(11-16)34-2)20(12-15-5-7-17(8-6-15)22(25)26)23-28-24(32)31(30-23)21-4-3-9-27-29-21;3-2(4,5)1(6)7/h3-11,13,20H,12,14H2,1-2H3,(H3,25,26)(H,28,30,32);(H,6,7). The number of alkyl halides is 3. The van der Waals surface area contributed by atoms with Crippen LogP contribution in [0.4, 0.5) is 13.2 Å². The number of ether oxygens (including phenoxy) is 2. The van der Waals surface area contributed by atoms with Gasteiger partial charge in [-0.3, -0.25) is 10.4 Å². The summed E-state index contributed by atoms with van der Waals surface area (Å²) in [6.45, 7) is 0.412. The average molecular weight is 574 g/mol. The van der Waals surface area contributed by atoms with Crippen LogP contribution in [0.5, 0.6) is 5.75 Å². The molecule has 0 spiro atoms. The summed E-state index contributed by atoms with van der Waals surface area (Å²) in [5, 5.41) is 27.1. The molecule has 0 bridgehead atoms. The van der Waals surface area contributed by atoms with Gasteiger partial charge in [0.25, 0.3) is 0 Å². The maximum atomic E-state index is 12.7. The number of halogens is 3. The lowest BCUT2D eigenvalue weighted by molar-refractivity contribution is -0.192. The molecule has 4 aromatic rings. The molecule has 0 radical (unpaired) electrons. The molecule has 0 fully saturated rings. The summed E-state index contributed by atoms with van der Waals surface area (Å²) < 4.78 is 43.8. The Bertz CT molecular complexity index is 1540. The number of benzene rings is 2. The smallest absolute Gasteiger partial charge is 0.490 e. The van der Waals surface area contributed by atoms with Gasteiger partial charge in [0.15, 0.2) is 5.82 Å². The SMILES string of the molecule is COCc1cc(OC)cc(C(Cc2ccc(C(=N)N)cc2)c2nn(-c3cccnn3)c(=O)[nH]2)c1.O=C(O)C(F)(F)F. The van der Waals surface area contributed by atoms with Gasteiger partial charge in [-0.1, -0.05) is 30.3 Å². The number of aromatic nitrogens is 5. The van der Waals surface area contributed by atoms with Crippen molar-refractivity contribution < 1.29 is 32.5 Å². The van der Waals surface area contributed by atoms with E-state index in [0.717, 1.165) is 16.7 Å². The molecule has 2 heterocycles. The monoisotopic (exact) mass is 573 g/mol. The Morgan fingerprint density at radius 2 is 1.83 bits per heavy atom. The molecular formula is C26H26F3N7O5. The lowest BCUT2D eigenvalue weighted by Gasteiger charge is -2.18. The highest BCUT2D eigenvalue weighted by atomic mass is 19.4. The Morgan fingerprint density at radius 1 is 1.15 bits per heavy atom. The van der Waals surface area contributed by atoms with Crippen LogP contribution in [0.15, 0.2) is 65.6 Å². The van der Waals surface area contributed by atoms with Gasteiger partial charge in [0.2, 0.25) is 0 Å². The fraction of sp³-hybridized carbons (Fsp3) is 0.231. The number of carbonyl (C=O) groups is 1. The van der Waals surface area contributed by atoms with E-state index in [4.69, 9.17) is 30.5 Å². The highest BCUT2D eigenvalue weighted by molar-refractivity contribution is 5.94. The molecule has 0 amide bonds. The molecule has 5 N–H and O–H groups in total. The molecule has 12 nitrogen and oxygen atoms in total. The van der Waals surface area contributed by atoms with Gasteiger partial charge >= 0.3 is 17.8 Å². The summed E-state index contributed by atoms with van der Waals surface area (Å²) in [5.41, 5.74) is 8.65. The number of nitrogens with one attached hydrogen (secondary N) is 2. The van der Waals surface area contributed by atoms with Crippen molar-refractivity contribution in [2.24, 2.45) is 5.73 Å². The predicted octanol–water partition coefficient (Wildman–Crippen LogP) is 2.80. The molecule has 0 saturated carbocycles. The summed E-state index contributed by atoms with van der Waals surface area (Å²) in [6.07, 6.45) is -3.02. The van der Waals surface area contributed by atoms with Crippen LogP contribution in [-0.4, -0.2) is 62.3 Å². The molecule has 0 aliphatic rings. The molecule has 2 aromatic carbocycles. The highest BCUT2D eigenvalue weighted by Gasteiger charge is 2.38. The van der Waals surface area contributed by atoms with Crippen LogP contribution in [0.1, 0.15) is 34.0 Å². The second-order valence-corrected chi connectivity index (χ2v) is 8.53. The number of methoxy groups -OCH3 is 2. The summed E-state index contributed by atoms with van der Waals surface area (Å²) in [6, 6.07) is 16.6. The number of rotatable bonds is 9. The van der Waals surface area contributed by atoms with Crippen molar-refractivity contribution >= 4 is 11.8 Å². The van der Waals surface area contributed by atoms with Crippen LogP contribution in [0.3, 0.4) is 0 Å². The molecule has 216 valence electrons. The highest BCUT2D eigenvalue weighted by Crippen LogP contribution is 2.30. The Kier molecular flexibility index (Phi) is 9.92. The number of nitrogen functional groups attached to an aromatic ring is 1. The van der Waals surface area contributed by atoms with Gasteiger partial charge in [-0.2, -0.15) is 23.0 Å². The predicted molar refractivity (Wildman–Crippen MR) is 140 cm³/mol. The number of nitrogens with two attached hydrogens (primary N) is 1. The van der Waals surface area contributed by atoms with E-state index in [0.29, 0.717) is 36.0 Å². The molecule has 0 aliphatic carbocycles. The van der Waals surface area contributed by atoms with Crippen molar-refractivity contribution in [2.45, 2.75) is 25.1 Å². The van der Waals surface area contributed by atoms with Gasteiger partial charge in [0, 0.05) is 24.8 Å². The maximum absolute atomic E-state index is 12.7.